The molecule has 1 saturated heterocycles. The van der Waals surface area contributed by atoms with Gasteiger partial charge in [0.2, 0.25) is 0 Å². The molecule has 1 aliphatic rings. The van der Waals surface area contributed by atoms with Crippen molar-refractivity contribution in [3.8, 4) is 0 Å². The van der Waals surface area contributed by atoms with Gasteiger partial charge in [-0.15, -0.1) is 5.10 Å². The van der Waals surface area contributed by atoms with Gasteiger partial charge in [-0.25, -0.2) is 4.68 Å². The molecule has 112 valence electrons. The van der Waals surface area contributed by atoms with E-state index in [0.717, 1.165) is 25.9 Å². The Morgan fingerprint density at radius 1 is 1.60 bits per heavy atom. The van der Waals surface area contributed by atoms with E-state index in [0.29, 0.717) is 30.6 Å². The molecule has 1 atom stereocenters. The number of aliphatic hydroxyl groups is 1. The summed E-state index contributed by atoms with van der Waals surface area (Å²) >= 11 is 0. The fraction of sp³-hybridized carbons (Fsp3) is 0.769. The summed E-state index contributed by atoms with van der Waals surface area (Å²) in [5.41, 5.74) is 0.358. The Bertz CT molecular complexity index is 424. The molecule has 0 bridgehead atoms. The molecule has 0 radical (unpaired) electrons. The molecule has 0 saturated carbocycles. The van der Waals surface area contributed by atoms with E-state index in [1.807, 2.05) is 0 Å². The molecule has 1 unspecified atom stereocenters. The second-order valence-corrected chi connectivity index (χ2v) is 5.27. The summed E-state index contributed by atoms with van der Waals surface area (Å²) in [4.78, 5) is 12.0. The zero-order chi connectivity index (χ0) is 14.4. The molecule has 2 rings (SSSR count). The van der Waals surface area contributed by atoms with Gasteiger partial charge in [0.25, 0.3) is 5.91 Å². The van der Waals surface area contributed by atoms with Gasteiger partial charge in [0.1, 0.15) is 0 Å². The van der Waals surface area contributed by atoms with E-state index in [-0.39, 0.29) is 12.5 Å². The summed E-state index contributed by atoms with van der Waals surface area (Å²) in [7, 11) is 0. The standard InChI is InChI=1S/C13H23N5O2/c1-2-3-10(4-5-19)6-15-13(20)12-9-18(17-16-12)11-7-14-8-11/h9-11,14,19H,2-8H2,1H3,(H,15,20). The predicted molar refractivity (Wildman–Crippen MR) is 74.4 cm³/mol. The van der Waals surface area contributed by atoms with Gasteiger partial charge in [0, 0.05) is 26.2 Å². The highest BCUT2D eigenvalue weighted by Gasteiger charge is 2.21. The monoisotopic (exact) mass is 281 g/mol. The number of hydrogen-bond acceptors (Lipinski definition) is 5. The number of carbonyl (C=O) groups excluding carboxylic acids is 1. The molecule has 2 heterocycles. The lowest BCUT2D eigenvalue weighted by atomic mass is 10.0. The molecule has 0 spiro atoms. The molecule has 3 N–H and O–H groups in total. The van der Waals surface area contributed by atoms with Crippen LogP contribution in [0.4, 0.5) is 0 Å². The third kappa shape index (κ3) is 3.77. The maximum atomic E-state index is 12.0. The second kappa shape index (κ2) is 7.35. The molecule has 1 aliphatic heterocycles. The minimum absolute atomic E-state index is 0.158. The van der Waals surface area contributed by atoms with Crippen LogP contribution in [-0.2, 0) is 0 Å². The second-order valence-electron chi connectivity index (χ2n) is 5.27. The summed E-state index contributed by atoms with van der Waals surface area (Å²) < 4.78 is 1.74. The fourth-order valence-electron chi connectivity index (χ4n) is 2.29. The van der Waals surface area contributed by atoms with E-state index in [2.05, 4.69) is 27.9 Å². The maximum absolute atomic E-state index is 12.0. The lowest BCUT2D eigenvalue weighted by molar-refractivity contribution is 0.0937. The molecule has 1 aromatic rings. The van der Waals surface area contributed by atoms with Gasteiger partial charge in [-0.05, 0) is 18.8 Å². The SMILES string of the molecule is CCCC(CCO)CNC(=O)c1cn(C2CNC2)nn1. The largest absolute Gasteiger partial charge is 0.396 e. The van der Waals surface area contributed by atoms with Crippen molar-refractivity contribution in [3.63, 3.8) is 0 Å². The lowest BCUT2D eigenvalue weighted by Crippen LogP contribution is -2.43. The van der Waals surface area contributed by atoms with Crippen molar-refractivity contribution < 1.29 is 9.90 Å². The minimum Gasteiger partial charge on any atom is -0.396 e. The highest BCUT2D eigenvalue weighted by Crippen LogP contribution is 2.11. The molecule has 7 nitrogen and oxygen atoms in total. The van der Waals surface area contributed by atoms with Crippen LogP contribution in [0, 0.1) is 5.92 Å². The van der Waals surface area contributed by atoms with Crippen LogP contribution in [0.2, 0.25) is 0 Å². The molecule has 20 heavy (non-hydrogen) atoms. The van der Waals surface area contributed by atoms with Crippen LogP contribution in [0.3, 0.4) is 0 Å². The number of amides is 1. The Balaban J connectivity index is 1.82. The maximum Gasteiger partial charge on any atom is 0.273 e. The van der Waals surface area contributed by atoms with Crippen molar-refractivity contribution in [1.82, 2.24) is 25.6 Å². The van der Waals surface area contributed by atoms with Gasteiger partial charge in [-0.2, -0.15) is 0 Å². The Morgan fingerprint density at radius 3 is 3.00 bits per heavy atom. The first kappa shape index (κ1) is 14.9. The number of nitrogens with zero attached hydrogens (tertiary/aromatic N) is 3. The quantitative estimate of drug-likeness (QED) is 0.621. The molecule has 0 aromatic carbocycles. The first-order chi connectivity index (χ1) is 9.74. The third-order valence-electron chi connectivity index (χ3n) is 3.66. The number of carbonyl (C=O) groups is 1. The zero-order valence-electron chi connectivity index (χ0n) is 11.9. The average Bonchev–Trinajstić information content (AvgIpc) is 2.83. The van der Waals surface area contributed by atoms with Gasteiger partial charge < -0.3 is 15.7 Å². The van der Waals surface area contributed by atoms with Crippen molar-refractivity contribution >= 4 is 5.91 Å². The summed E-state index contributed by atoms with van der Waals surface area (Å²) in [6, 6.07) is 0.311. The molecular formula is C13H23N5O2. The summed E-state index contributed by atoms with van der Waals surface area (Å²) in [5.74, 6) is 0.127. The molecule has 1 amide bonds. The predicted octanol–water partition coefficient (Wildman–Crippen LogP) is -0.0491. The van der Waals surface area contributed by atoms with E-state index in [1.165, 1.54) is 0 Å². The van der Waals surface area contributed by atoms with Crippen LogP contribution < -0.4 is 10.6 Å². The van der Waals surface area contributed by atoms with E-state index in [1.54, 1.807) is 10.9 Å². The molecule has 1 fully saturated rings. The van der Waals surface area contributed by atoms with Crippen molar-refractivity contribution in [2.24, 2.45) is 5.92 Å². The normalized spacial score (nSPS) is 16.7. The first-order valence-corrected chi connectivity index (χ1v) is 7.26. The van der Waals surface area contributed by atoms with Crippen LogP contribution in [0.25, 0.3) is 0 Å². The number of aliphatic hydroxyl groups excluding tert-OH is 1. The molecule has 1 aromatic heterocycles. The van der Waals surface area contributed by atoms with E-state index < -0.39 is 0 Å². The van der Waals surface area contributed by atoms with Gasteiger partial charge in [0.15, 0.2) is 5.69 Å². The van der Waals surface area contributed by atoms with E-state index >= 15 is 0 Å². The number of hydrogen-bond donors (Lipinski definition) is 3. The Labute approximate surface area is 118 Å². The van der Waals surface area contributed by atoms with Gasteiger partial charge >= 0.3 is 0 Å². The van der Waals surface area contributed by atoms with E-state index in [4.69, 9.17) is 5.11 Å². The fourth-order valence-corrected chi connectivity index (χ4v) is 2.29. The summed E-state index contributed by atoms with van der Waals surface area (Å²) in [6.45, 7) is 4.58. The van der Waals surface area contributed by atoms with Gasteiger partial charge in [-0.3, -0.25) is 4.79 Å². The Hall–Kier alpha value is -1.47. The molecule has 7 heteroatoms. The van der Waals surface area contributed by atoms with Crippen molar-refractivity contribution in [1.29, 1.82) is 0 Å². The topological polar surface area (TPSA) is 92.1 Å². The van der Waals surface area contributed by atoms with Crippen molar-refractivity contribution in [2.75, 3.05) is 26.2 Å². The van der Waals surface area contributed by atoms with Crippen molar-refractivity contribution in [3.05, 3.63) is 11.9 Å². The van der Waals surface area contributed by atoms with Crippen LogP contribution in [0.15, 0.2) is 6.20 Å². The zero-order valence-corrected chi connectivity index (χ0v) is 11.9. The minimum atomic E-state index is -0.192. The molecular weight excluding hydrogens is 258 g/mol. The summed E-state index contributed by atoms with van der Waals surface area (Å²) in [6.07, 6.45) is 4.46. The third-order valence-corrected chi connectivity index (χ3v) is 3.66. The van der Waals surface area contributed by atoms with Crippen LogP contribution in [0.1, 0.15) is 42.7 Å². The molecule has 0 aliphatic carbocycles. The van der Waals surface area contributed by atoms with Gasteiger partial charge in [0.05, 0.1) is 12.2 Å². The lowest BCUT2D eigenvalue weighted by Gasteiger charge is -2.26. The number of rotatable bonds is 8. The summed E-state index contributed by atoms with van der Waals surface area (Å²) in [5, 5.41) is 22.9. The number of nitrogens with one attached hydrogen (secondary N) is 2. The van der Waals surface area contributed by atoms with E-state index in [9.17, 15) is 4.79 Å². The van der Waals surface area contributed by atoms with Crippen LogP contribution in [-0.4, -0.2) is 52.2 Å². The highest BCUT2D eigenvalue weighted by atomic mass is 16.3. The number of aromatic nitrogens is 3. The van der Waals surface area contributed by atoms with Crippen LogP contribution in [0.5, 0.6) is 0 Å². The van der Waals surface area contributed by atoms with Gasteiger partial charge in [-0.1, -0.05) is 18.6 Å². The average molecular weight is 281 g/mol. The van der Waals surface area contributed by atoms with Crippen molar-refractivity contribution in [2.45, 2.75) is 32.2 Å². The smallest absolute Gasteiger partial charge is 0.273 e. The van der Waals surface area contributed by atoms with Crippen LogP contribution >= 0.6 is 0 Å². The Morgan fingerprint density at radius 2 is 2.40 bits per heavy atom. The Kier molecular flexibility index (Phi) is 5.49. The first-order valence-electron chi connectivity index (χ1n) is 7.26. The highest BCUT2D eigenvalue weighted by molar-refractivity contribution is 5.91.